The molecule has 0 aliphatic carbocycles. The summed E-state index contributed by atoms with van der Waals surface area (Å²) in [5.41, 5.74) is -0.551. The maximum Gasteiger partial charge on any atom is 0.293 e. The van der Waals surface area contributed by atoms with E-state index in [1.54, 1.807) is 0 Å². The molecule has 2 rings (SSSR count). The monoisotopic (exact) mass is 270 g/mol. The molecule has 1 aromatic carbocycles. The highest BCUT2D eigenvalue weighted by atomic mass is 32.1. The Morgan fingerprint density at radius 1 is 1.00 bits per heavy atom. The lowest BCUT2D eigenvalue weighted by Gasteiger charge is -2.23. The topological polar surface area (TPSA) is 6.48 Å². The van der Waals surface area contributed by atoms with E-state index in [1.807, 2.05) is 0 Å². The highest BCUT2D eigenvalue weighted by molar-refractivity contribution is 7.59. The van der Waals surface area contributed by atoms with Crippen LogP contribution in [-0.4, -0.2) is 10.5 Å². The van der Waals surface area contributed by atoms with Gasteiger partial charge in [-0.2, -0.15) is 17.9 Å². The number of hydrogen-bond acceptors (Lipinski definition) is 2. The average molecular weight is 270 g/mol. The molecule has 1 aliphatic rings. The maximum atomic E-state index is 13.9. The van der Waals surface area contributed by atoms with Crippen LogP contribution >= 0.6 is 13.5 Å². The van der Waals surface area contributed by atoms with Gasteiger partial charge in [0, 0.05) is 10.8 Å². The summed E-state index contributed by atoms with van der Waals surface area (Å²) in [6.07, 6.45) is 0. The van der Waals surface area contributed by atoms with Crippen LogP contribution in [-0.2, 0) is 5.79 Å². The van der Waals surface area contributed by atoms with Crippen molar-refractivity contribution in [1.82, 2.24) is 10.5 Å². The Morgan fingerprint density at radius 3 is 1.94 bits per heavy atom. The van der Waals surface area contributed by atoms with Gasteiger partial charge in [-0.25, -0.2) is 8.78 Å². The summed E-state index contributed by atoms with van der Waals surface area (Å²) < 4.78 is 65.4. The van der Waals surface area contributed by atoms with Gasteiger partial charge in [0.2, 0.25) is 5.83 Å². The molecule has 0 fully saturated rings. The summed E-state index contributed by atoms with van der Waals surface area (Å²) in [6.45, 7) is 0. The van der Waals surface area contributed by atoms with Crippen molar-refractivity contribution in [3.8, 4) is 0 Å². The lowest BCUT2D eigenvalue weighted by atomic mass is 10.0. The number of nitrogens with zero attached hydrogens (tertiary/aromatic N) is 2. The summed E-state index contributed by atoms with van der Waals surface area (Å²) in [5.74, 6) is -8.00. The molecule has 94 valence electrons. The maximum absolute atomic E-state index is 13.9. The van der Waals surface area contributed by atoms with E-state index in [0.717, 1.165) is 12.1 Å². The van der Waals surface area contributed by atoms with Gasteiger partial charge in [-0.3, -0.25) is 0 Å². The first-order chi connectivity index (χ1) is 7.49. The summed E-state index contributed by atoms with van der Waals surface area (Å²) >= 11 is 0. The lowest BCUT2D eigenvalue weighted by Crippen LogP contribution is -2.38. The Kier molecular flexibility index (Phi) is 3.68. The third kappa shape index (κ3) is 1.77. The predicted octanol–water partition coefficient (Wildman–Crippen LogP) is 3.33. The summed E-state index contributed by atoms with van der Waals surface area (Å²) in [6, 6.07) is 6.07. The molecule has 0 saturated heterocycles. The molecule has 0 aromatic heterocycles. The van der Waals surface area contributed by atoms with Crippen LogP contribution in [0.2, 0.25) is 0 Å². The Balaban J connectivity index is 0.00000144. The molecule has 0 saturated carbocycles. The number of halogens is 5. The molecule has 0 bridgehead atoms. The zero-order chi connectivity index (χ0) is 11.9. The number of rotatable bonds is 1. The molecule has 1 atom stereocenters. The van der Waals surface area contributed by atoms with E-state index in [9.17, 15) is 22.1 Å². The molecule has 2 nitrogen and oxygen atoms in total. The molecule has 1 unspecified atom stereocenters. The van der Waals surface area contributed by atoms with Gasteiger partial charge in [-0.1, -0.05) is 40.0 Å². The normalized spacial score (nSPS) is 25.1. The first kappa shape index (κ1) is 13.8. The average Bonchev–Trinajstić information content (AvgIpc) is 2.47. The van der Waals surface area contributed by atoms with Crippen molar-refractivity contribution in [3.05, 3.63) is 47.7 Å². The first-order valence-corrected chi connectivity index (χ1v) is 4.21. The van der Waals surface area contributed by atoms with Crippen molar-refractivity contribution in [1.29, 1.82) is 0 Å². The fourth-order valence-corrected chi connectivity index (χ4v) is 1.39. The Hall–Kier alpha value is -1.28. The van der Waals surface area contributed by atoms with E-state index in [2.05, 4.69) is 0 Å². The van der Waals surface area contributed by atoms with Crippen molar-refractivity contribution < 1.29 is 22.1 Å². The van der Waals surface area contributed by atoms with E-state index in [-0.39, 0.29) is 13.5 Å². The number of alkyl halides is 1. The van der Waals surface area contributed by atoms with Crippen LogP contribution in [0.5, 0.6) is 0 Å². The van der Waals surface area contributed by atoms with E-state index in [1.165, 1.54) is 18.2 Å². The molecule has 0 N–H and O–H groups in total. The summed E-state index contributed by atoms with van der Waals surface area (Å²) in [4.78, 5) is 0. The van der Waals surface area contributed by atoms with Gasteiger partial charge < -0.3 is 0 Å². The second-order valence-corrected chi connectivity index (χ2v) is 3.11. The smallest absolute Gasteiger partial charge is 0.208 e. The number of hydrogen-bond donors (Lipinski definition) is 0. The van der Waals surface area contributed by atoms with Gasteiger partial charge in [0.15, 0.2) is 0 Å². The van der Waals surface area contributed by atoms with Crippen LogP contribution in [0.25, 0.3) is 0 Å². The third-order valence-corrected chi connectivity index (χ3v) is 2.20. The second-order valence-electron chi connectivity index (χ2n) is 3.11. The molecule has 17 heavy (non-hydrogen) atoms. The SMILES string of the molecule is FC1=C(F)C(F)(c2ccccc2)N(F)N1F.S. The Labute approximate surface area is 100 Å². The minimum absolute atomic E-state index is 0. The van der Waals surface area contributed by atoms with Crippen molar-refractivity contribution >= 4 is 13.5 Å². The lowest BCUT2D eigenvalue weighted by molar-refractivity contribution is -0.315. The first-order valence-electron chi connectivity index (χ1n) is 4.21. The van der Waals surface area contributed by atoms with Crippen LogP contribution < -0.4 is 0 Å². The zero-order valence-corrected chi connectivity index (χ0v) is 9.17. The molecule has 1 heterocycles. The van der Waals surface area contributed by atoms with Gasteiger partial charge in [0.25, 0.3) is 11.7 Å². The van der Waals surface area contributed by atoms with Crippen LogP contribution in [0.3, 0.4) is 0 Å². The van der Waals surface area contributed by atoms with Crippen LogP contribution in [0.15, 0.2) is 42.1 Å². The molecule has 0 spiro atoms. The largest absolute Gasteiger partial charge is 0.293 e. The number of hydrazine groups is 1. The van der Waals surface area contributed by atoms with Gasteiger partial charge in [0.05, 0.1) is 0 Å². The molecule has 0 amide bonds. The fraction of sp³-hybridized carbons (Fsp3) is 0.111. The zero-order valence-electron chi connectivity index (χ0n) is 8.17. The van der Waals surface area contributed by atoms with E-state index in [0.29, 0.717) is 0 Å². The predicted molar refractivity (Wildman–Crippen MR) is 54.7 cm³/mol. The highest BCUT2D eigenvalue weighted by Gasteiger charge is 2.58. The van der Waals surface area contributed by atoms with Gasteiger partial charge >= 0.3 is 0 Å². The Morgan fingerprint density at radius 2 is 1.53 bits per heavy atom. The molecular weight excluding hydrogens is 263 g/mol. The molecule has 8 heteroatoms. The molecule has 1 aromatic rings. The van der Waals surface area contributed by atoms with Gasteiger partial charge in [-0.05, 0) is 0 Å². The second kappa shape index (κ2) is 4.53. The van der Waals surface area contributed by atoms with E-state index < -0.39 is 33.6 Å². The van der Waals surface area contributed by atoms with Crippen LogP contribution in [0.4, 0.5) is 22.1 Å². The van der Waals surface area contributed by atoms with Crippen molar-refractivity contribution in [2.45, 2.75) is 5.79 Å². The van der Waals surface area contributed by atoms with Crippen LogP contribution in [0.1, 0.15) is 5.56 Å². The third-order valence-electron chi connectivity index (χ3n) is 2.20. The number of benzene rings is 1. The molecule has 1 aliphatic heterocycles. The quantitative estimate of drug-likeness (QED) is 0.439. The van der Waals surface area contributed by atoms with Gasteiger partial charge in [-0.15, -0.1) is 4.48 Å². The van der Waals surface area contributed by atoms with Crippen molar-refractivity contribution in [3.63, 3.8) is 0 Å². The minimum atomic E-state index is -3.60. The van der Waals surface area contributed by atoms with Gasteiger partial charge in [0.1, 0.15) is 0 Å². The fourth-order valence-electron chi connectivity index (χ4n) is 1.39. The van der Waals surface area contributed by atoms with E-state index in [4.69, 9.17) is 0 Å². The summed E-state index contributed by atoms with van der Waals surface area (Å²) in [5, 5.41) is -2.64. The Bertz CT molecular complexity index is 440. The van der Waals surface area contributed by atoms with Crippen molar-refractivity contribution in [2.24, 2.45) is 0 Å². The standard InChI is InChI=1S/C9H5F5N2.H2S/c10-7-8(11)15(13)16(14)9(7,12)6-4-2-1-3-5-6;/h1-5H;1H2. The molecule has 0 radical (unpaired) electrons. The summed E-state index contributed by atoms with van der Waals surface area (Å²) in [7, 11) is 0. The van der Waals surface area contributed by atoms with E-state index >= 15 is 0 Å². The van der Waals surface area contributed by atoms with Crippen molar-refractivity contribution in [2.75, 3.05) is 0 Å². The van der Waals surface area contributed by atoms with Crippen LogP contribution in [0, 0.1) is 0 Å². The highest BCUT2D eigenvalue weighted by Crippen LogP contribution is 2.48. The molecular formula is C9H7F5N2S. The minimum Gasteiger partial charge on any atom is -0.208 e.